The molecule has 0 bridgehead atoms. The molecule has 6 heterocycles. The fourth-order valence-electron chi connectivity index (χ4n) is 8.30. The number of amides is 2. The Kier molecular flexibility index (Phi) is 10.7. The van der Waals surface area contributed by atoms with Crippen LogP contribution in [0.1, 0.15) is 58.3 Å². The van der Waals surface area contributed by atoms with Gasteiger partial charge in [-0.3, -0.25) is 38.2 Å². The van der Waals surface area contributed by atoms with Crippen LogP contribution < -0.4 is 30.8 Å². The molecule has 18 heteroatoms. The van der Waals surface area contributed by atoms with Gasteiger partial charge in [-0.15, -0.1) is 0 Å². The Hall–Kier alpha value is -5.09. The fourth-order valence-corrected chi connectivity index (χ4v) is 9.02. The maximum absolute atomic E-state index is 15.9. The van der Waals surface area contributed by atoms with Gasteiger partial charge in [-0.05, 0) is 69.9 Å². The number of rotatable bonds is 9. The quantitative estimate of drug-likeness (QED) is 0.203. The number of hydrogen-bond acceptors (Lipinski definition) is 8. The van der Waals surface area contributed by atoms with Crippen molar-refractivity contribution in [3.63, 3.8) is 0 Å². The smallest absolute Gasteiger partial charge is 0.326 e. The summed E-state index contributed by atoms with van der Waals surface area (Å²) in [5.74, 6) is -2.68. The highest BCUT2D eigenvalue weighted by Crippen LogP contribution is 2.42. The number of benzene rings is 2. The molecular weight excluding hydrogens is 789 g/mol. The monoisotopic (exact) mass is 828 g/mol. The average molecular weight is 830 g/mol. The molecule has 4 aliphatic heterocycles. The largest absolute Gasteiger partial charge is 0.481 e. The minimum atomic E-state index is -1.03. The lowest BCUT2D eigenvalue weighted by Crippen LogP contribution is -2.48. The molecule has 2 aromatic heterocycles. The van der Waals surface area contributed by atoms with Gasteiger partial charge in [0.1, 0.15) is 40.0 Å². The molecule has 0 spiro atoms. The van der Waals surface area contributed by atoms with Crippen molar-refractivity contribution in [1.29, 1.82) is 0 Å². The molecule has 0 saturated heterocycles. The van der Waals surface area contributed by atoms with E-state index >= 15 is 8.78 Å². The molecule has 0 aliphatic carbocycles. The Morgan fingerprint density at radius 3 is 2.14 bits per heavy atom. The highest BCUT2D eigenvalue weighted by atomic mass is 35.5. The van der Waals surface area contributed by atoms with Crippen LogP contribution in [0.3, 0.4) is 0 Å². The molecule has 0 saturated carbocycles. The lowest BCUT2D eigenvalue weighted by atomic mass is 9.93. The molecule has 2 unspecified atom stereocenters. The number of carbonyl (C=O) groups excluding carboxylic acids is 3. The number of ether oxygens (including phenoxy) is 3. The van der Waals surface area contributed by atoms with Gasteiger partial charge in [-0.1, -0.05) is 29.6 Å². The van der Waals surface area contributed by atoms with Gasteiger partial charge in [0, 0.05) is 49.4 Å². The highest BCUT2D eigenvalue weighted by Gasteiger charge is 2.38. The highest BCUT2D eigenvalue weighted by molar-refractivity contribution is 6.32. The molecule has 0 radical (unpaired) electrons. The van der Waals surface area contributed by atoms with Gasteiger partial charge in [-0.25, -0.2) is 18.1 Å². The first-order valence-electron chi connectivity index (χ1n) is 19.2. The van der Waals surface area contributed by atoms with Crippen molar-refractivity contribution in [3.8, 4) is 33.8 Å². The molecule has 57 heavy (non-hydrogen) atoms. The third-order valence-corrected chi connectivity index (χ3v) is 11.9. The molecule has 8 rings (SSSR count). The Labute approximate surface area is 334 Å². The van der Waals surface area contributed by atoms with Crippen LogP contribution in [0.25, 0.3) is 22.3 Å². The summed E-state index contributed by atoms with van der Waals surface area (Å²) in [6.45, 7) is 2.71. The van der Waals surface area contributed by atoms with Crippen LogP contribution in [0.2, 0.25) is 10.3 Å². The number of aromatic nitrogens is 4. The van der Waals surface area contributed by atoms with E-state index in [9.17, 15) is 24.0 Å². The van der Waals surface area contributed by atoms with Crippen molar-refractivity contribution >= 4 is 52.4 Å². The second-order valence-electron chi connectivity index (χ2n) is 14.7. The molecule has 1 N–H and O–H groups in total. The summed E-state index contributed by atoms with van der Waals surface area (Å²) in [6.07, 6.45) is 4.20. The topological polar surface area (TPSA) is 148 Å². The Morgan fingerprint density at radius 2 is 1.44 bits per heavy atom. The first-order valence-corrected chi connectivity index (χ1v) is 19.9. The number of nitrogens with zero attached hydrogens (tertiary/aromatic N) is 5. The SMILES string of the molecule is CCOC(=O)CN1C(=O)C(CCCC2CCn3c(Cl)c(-c4cc5c(cc4F)OCC(=O)N5)c(=O)n3CC2)Oc2cc(F)c(-c3c(Cl)n4n(c3=O)CCCCC4)cc21. The van der Waals surface area contributed by atoms with E-state index in [4.69, 9.17) is 37.4 Å². The van der Waals surface area contributed by atoms with Crippen molar-refractivity contribution in [1.82, 2.24) is 18.7 Å². The Bertz CT molecular complexity index is 2420. The number of carbonyl (C=O) groups is 3. The zero-order valence-corrected chi connectivity index (χ0v) is 32.6. The fraction of sp³-hybridized carbons (Fsp3) is 0.462. The van der Waals surface area contributed by atoms with E-state index in [1.165, 1.54) is 26.4 Å². The number of nitrogens with one attached hydrogen (secondary N) is 1. The zero-order chi connectivity index (χ0) is 40.1. The van der Waals surface area contributed by atoms with E-state index in [1.54, 1.807) is 16.3 Å². The number of fused-ring (bicyclic) bond motifs is 4. The van der Waals surface area contributed by atoms with Crippen molar-refractivity contribution in [2.75, 3.05) is 30.0 Å². The maximum atomic E-state index is 15.9. The van der Waals surface area contributed by atoms with Gasteiger partial charge >= 0.3 is 5.97 Å². The molecule has 2 aromatic carbocycles. The predicted octanol–water partition coefficient (Wildman–Crippen LogP) is 5.98. The molecule has 2 amide bonds. The zero-order valence-electron chi connectivity index (χ0n) is 31.1. The van der Waals surface area contributed by atoms with Gasteiger partial charge in [0.25, 0.3) is 22.9 Å². The van der Waals surface area contributed by atoms with E-state index in [2.05, 4.69) is 5.32 Å². The lowest BCUT2D eigenvalue weighted by molar-refractivity contribution is -0.143. The maximum Gasteiger partial charge on any atom is 0.326 e. The van der Waals surface area contributed by atoms with Gasteiger partial charge in [-0.2, -0.15) is 0 Å². The number of esters is 1. The Morgan fingerprint density at radius 1 is 0.825 bits per heavy atom. The van der Waals surface area contributed by atoms with E-state index in [-0.39, 0.29) is 81.0 Å². The van der Waals surface area contributed by atoms with Crippen molar-refractivity contribution in [2.45, 2.75) is 90.6 Å². The van der Waals surface area contributed by atoms with Crippen LogP contribution in [0.15, 0.2) is 33.9 Å². The minimum Gasteiger partial charge on any atom is -0.481 e. The summed E-state index contributed by atoms with van der Waals surface area (Å²) in [6, 6.07) is 4.95. The van der Waals surface area contributed by atoms with E-state index in [0.717, 1.165) is 31.4 Å². The van der Waals surface area contributed by atoms with Crippen molar-refractivity contribution in [2.24, 2.45) is 5.92 Å². The average Bonchev–Trinajstić information content (AvgIpc) is 3.38. The third-order valence-electron chi connectivity index (χ3n) is 11.1. The second kappa shape index (κ2) is 15.7. The lowest BCUT2D eigenvalue weighted by Gasteiger charge is -2.34. The standard InChI is InChI=1S/C39H40Cl2F2N6O8/c1-2-55-32(51)19-45-27-16-23(34-35(40)46-11-4-3-5-12-48(46)38(34)53)25(43)18-30(27)57-28(37(45)52)8-6-7-21-9-13-47-36(41)33(39(54)49(47)14-10-21)22-15-26-29(17-24(22)42)56-20-31(50)44-26/h15-18,21,28H,2-14,19-20H2,1H3,(H,44,50). The van der Waals surface area contributed by atoms with Crippen LogP contribution in [-0.2, 0) is 45.3 Å². The molecular formula is C39H40Cl2F2N6O8. The first kappa shape index (κ1) is 38.8. The van der Waals surface area contributed by atoms with Gasteiger partial charge < -0.3 is 19.5 Å². The summed E-state index contributed by atoms with van der Waals surface area (Å²) in [7, 11) is 0. The van der Waals surface area contributed by atoms with Crippen LogP contribution in [0.4, 0.5) is 20.2 Å². The Balaban J connectivity index is 0.977. The minimum absolute atomic E-state index is 0.00181. The summed E-state index contributed by atoms with van der Waals surface area (Å²) in [4.78, 5) is 66.9. The normalized spacial score (nSPS) is 18.9. The first-order chi connectivity index (χ1) is 27.4. The van der Waals surface area contributed by atoms with Crippen LogP contribution in [0.5, 0.6) is 11.5 Å². The second-order valence-corrected chi connectivity index (χ2v) is 15.4. The molecule has 14 nitrogen and oxygen atoms in total. The molecule has 302 valence electrons. The van der Waals surface area contributed by atoms with E-state index in [1.807, 2.05) is 0 Å². The van der Waals surface area contributed by atoms with Gasteiger partial charge in [0.05, 0.1) is 29.1 Å². The predicted molar refractivity (Wildman–Crippen MR) is 206 cm³/mol. The van der Waals surface area contributed by atoms with Gasteiger partial charge in [0.2, 0.25) is 0 Å². The molecule has 4 aliphatic rings. The number of halogens is 4. The number of anilines is 2. The third kappa shape index (κ3) is 7.11. The molecule has 0 fully saturated rings. The summed E-state index contributed by atoms with van der Waals surface area (Å²) >= 11 is 13.4. The van der Waals surface area contributed by atoms with Crippen molar-refractivity contribution < 1.29 is 37.4 Å². The van der Waals surface area contributed by atoms with Gasteiger partial charge in [0.15, 0.2) is 12.7 Å². The van der Waals surface area contributed by atoms with Crippen LogP contribution >= 0.6 is 23.2 Å². The van der Waals surface area contributed by atoms with E-state index < -0.39 is 53.2 Å². The molecule has 2 atom stereocenters. The summed E-state index contributed by atoms with van der Waals surface area (Å²) in [5, 5.41) is 2.82. The molecule has 4 aromatic rings. The van der Waals surface area contributed by atoms with Crippen LogP contribution in [0, 0.1) is 17.6 Å². The number of hydrogen-bond donors (Lipinski definition) is 1. The van der Waals surface area contributed by atoms with E-state index in [0.29, 0.717) is 51.9 Å². The summed E-state index contributed by atoms with van der Waals surface area (Å²) < 4.78 is 54.0. The van der Waals surface area contributed by atoms with Crippen molar-refractivity contribution in [3.05, 3.63) is 66.9 Å². The van der Waals surface area contributed by atoms with Crippen LogP contribution in [-0.4, -0.2) is 62.4 Å². The summed E-state index contributed by atoms with van der Waals surface area (Å²) in [5.41, 5.74) is -0.673.